The van der Waals surface area contributed by atoms with E-state index in [0.29, 0.717) is 23.0 Å². The van der Waals surface area contributed by atoms with Gasteiger partial charge in [-0.05, 0) is 92.9 Å². The van der Waals surface area contributed by atoms with Gasteiger partial charge in [0, 0.05) is 24.2 Å². The fraction of sp³-hybridized carbons (Fsp3) is 0.292. The van der Waals surface area contributed by atoms with Crippen LogP contribution in [0.15, 0.2) is 36.4 Å². The maximum atomic E-state index is 9.51. The van der Waals surface area contributed by atoms with E-state index in [4.69, 9.17) is 12.2 Å². The zero-order valence-electron chi connectivity index (χ0n) is 17.9. The minimum absolute atomic E-state index is 0.564. The highest BCUT2D eigenvalue weighted by molar-refractivity contribution is 7.80. The maximum Gasteiger partial charge on any atom is 0.170 e. The first-order valence-electron chi connectivity index (χ1n) is 10.1. The third-order valence-electron chi connectivity index (χ3n) is 5.10. The highest BCUT2D eigenvalue weighted by Crippen LogP contribution is 2.24. The highest BCUT2D eigenvalue weighted by atomic mass is 32.1. The Morgan fingerprint density at radius 2 is 1.80 bits per heavy atom. The van der Waals surface area contributed by atoms with Gasteiger partial charge < -0.3 is 16.0 Å². The predicted molar refractivity (Wildman–Crippen MR) is 129 cm³/mol. The third kappa shape index (κ3) is 5.25. The first kappa shape index (κ1) is 21.5. The Morgan fingerprint density at radius 1 is 1.00 bits per heavy atom. The summed E-state index contributed by atoms with van der Waals surface area (Å²) < 4.78 is 0. The van der Waals surface area contributed by atoms with Crippen molar-refractivity contribution in [2.75, 3.05) is 23.7 Å². The molecule has 3 N–H and O–H groups in total. The molecule has 0 unspecified atom stereocenters. The van der Waals surface area contributed by atoms with E-state index in [1.807, 2.05) is 25.1 Å². The number of rotatable bonds is 6. The average Bonchev–Trinajstić information content (AvgIpc) is 2.70. The fourth-order valence-corrected chi connectivity index (χ4v) is 3.56. The molecule has 1 aromatic heterocycles. The number of nitrogens with one attached hydrogen (secondary N) is 3. The molecule has 6 heteroatoms. The van der Waals surface area contributed by atoms with Crippen LogP contribution in [-0.2, 0) is 0 Å². The monoisotopic (exact) mass is 417 g/mol. The largest absolute Gasteiger partial charge is 0.369 e. The van der Waals surface area contributed by atoms with Crippen LogP contribution in [0.1, 0.15) is 34.2 Å². The Labute approximate surface area is 183 Å². The van der Waals surface area contributed by atoms with Crippen LogP contribution in [0, 0.1) is 39.0 Å². The quantitative estimate of drug-likeness (QED) is 0.381. The number of nitrogens with zero attached hydrogens (tertiary/aromatic N) is 2. The number of aryl methyl sites for hydroxylation is 4. The number of anilines is 2. The Balaban J connectivity index is 1.52. The van der Waals surface area contributed by atoms with Gasteiger partial charge in [-0.2, -0.15) is 5.26 Å². The van der Waals surface area contributed by atoms with Crippen molar-refractivity contribution in [3.63, 3.8) is 0 Å². The Morgan fingerprint density at radius 3 is 2.53 bits per heavy atom. The van der Waals surface area contributed by atoms with Gasteiger partial charge in [-0.25, -0.2) is 4.98 Å². The molecule has 0 radical (unpaired) electrons. The summed E-state index contributed by atoms with van der Waals surface area (Å²) in [6.45, 7) is 9.69. The van der Waals surface area contributed by atoms with Crippen LogP contribution in [0.4, 0.5) is 11.5 Å². The molecular formula is C24H27N5S. The molecule has 2 aromatic carbocycles. The SMILES string of the molecule is Cc1cc(C)c2cc(C#N)c(NCCCNC(=S)Nc3ccc(C)c(C)c3)nc2c1. The Kier molecular flexibility index (Phi) is 6.86. The molecule has 0 spiro atoms. The van der Waals surface area contributed by atoms with Gasteiger partial charge in [0.15, 0.2) is 5.11 Å². The fourth-order valence-electron chi connectivity index (χ4n) is 3.34. The van der Waals surface area contributed by atoms with Crippen LogP contribution in [-0.4, -0.2) is 23.2 Å². The number of aromatic nitrogens is 1. The zero-order chi connectivity index (χ0) is 21.7. The summed E-state index contributed by atoms with van der Waals surface area (Å²) >= 11 is 5.37. The van der Waals surface area contributed by atoms with Crippen molar-refractivity contribution in [1.82, 2.24) is 10.3 Å². The van der Waals surface area contributed by atoms with E-state index in [2.05, 4.69) is 66.0 Å². The molecule has 5 nitrogen and oxygen atoms in total. The first-order chi connectivity index (χ1) is 14.4. The number of nitriles is 1. The summed E-state index contributed by atoms with van der Waals surface area (Å²) in [6.07, 6.45) is 0.839. The van der Waals surface area contributed by atoms with Crippen LogP contribution in [0.3, 0.4) is 0 Å². The summed E-state index contributed by atoms with van der Waals surface area (Å²) in [4.78, 5) is 4.68. The highest BCUT2D eigenvalue weighted by Gasteiger charge is 2.09. The summed E-state index contributed by atoms with van der Waals surface area (Å²) in [5, 5.41) is 20.9. The molecule has 154 valence electrons. The van der Waals surface area contributed by atoms with Crippen molar-refractivity contribution in [2.45, 2.75) is 34.1 Å². The van der Waals surface area contributed by atoms with Gasteiger partial charge >= 0.3 is 0 Å². The third-order valence-corrected chi connectivity index (χ3v) is 5.35. The van der Waals surface area contributed by atoms with Gasteiger partial charge in [0.2, 0.25) is 0 Å². The number of fused-ring (bicyclic) bond motifs is 1. The predicted octanol–water partition coefficient (Wildman–Crippen LogP) is 5.13. The van der Waals surface area contributed by atoms with Gasteiger partial charge in [0.1, 0.15) is 11.9 Å². The number of benzene rings is 2. The van der Waals surface area contributed by atoms with E-state index in [9.17, 15) is 5.26 Å². The molecule has 0 saturated heterocycles. The first-order valence-corrected chi connectivity index (χ1v) is 10.5. The number of thiocarbonyl (C=S) groups is 1. The van der Waals surface area contributed by atoms with Gasteiger partial charge in [0.05, 0.1) is 11.1 Å². The van der Waals surface area contributed by atoms with E-state index in [-0.39, 0.29) is 0 Å². The van der Waals surface area contributed by atoms with Crippen LogP contribution in [0.2, 0.25) is 0 Å². The molecule has 3 aromatic rings. The molecule has 0 bridgehead atoms. The van der Waals surface area contributed by atoms with Crippen molar-refractivity contribution in [2.24, 2.45) is 0 Å². The molecule has 0 fully saturated rings. The van der Waals surface area contributed by atoms with Gasteiger partial charge in [-0.15, -0.1) is 0 Å². The lowest BCUT2D eigenvalue weighted by atomic mass is 10.0. The van der Waals surface area contributed by atoms with Crippen molar-refractivity contribution in [3.05, 3.63) is 64.2 Å². The summed E-state index contributed by atoms with van der Waals surface area (Å²) in [5.41, 5.74) is 7.24. The lowest BCUT2D eigenvalue weighted by Gasteiger charge is -2.13. The standard InChI is InChI=1S/C24H27N5S/c1-15-10-18(4)21-13-19(14-25)23(29-22(21)11-15)26-8-5-9-27-24(30)28-20-7-6-16(2)17(3)12-20/h6-7,10-13H,5,8-9H2,1-4H3,(H,26,29)(H2,27,28,30). The molecule has 1 heterocycles. The van der Waals surface area contributed by atoms with Crippen LogP contribution >= 0.6 is 12.2 Å². The lowest BCUT2D eigenvalue weighted by Crippen LogP contribution is -2.30. The van der Waals surface area contributed by atoms with Crippen LogP contribution in [0.25, 0.3) is 10.9 Å². The van der Waals surface area contributed by atoms with E-state index in [1.165, 1.54) is 11.1 Å². The van der Waals surface area contributed by atoms with E-state index in [1.54, 1.807) is 0 Å². The molecule has 0 atom stereocenters. The molecular weight excluding hydrogens is 390 g/mol. The van der Waals surface area contributed by atoms with Crippen molar-refractivity contribution >= 4 is 39.7 Å². The molecule has 30 heavy (non-hydrogen) atoms. The molecule has 0 aliphatic heterocycles. The maximum absolute atomic E-state index is 9.51. The summed E-state index contributed by atoms with van der Waals surface area (Å²) in [7, 11) is 0. The molecule has 0 aliphatic rings. The smallest absolute Gasteiger partial charge is 0.170 e. The Hall–Kier alpha value is -3.17. The summed E-state index contributed by atoms with van der Waals surface area (Å²) in [6, 6.07) is 14.5. The molecule has 3 rings (SSSR count). The van der Waals surface area contributed by atoms with Gasteiger partial charge in [-0.1, -0.05) is 12.1 Å². The van der Waals surface area contributed by atoms with E-state index in [0.717, 1.165) is 40.7 Å². The second-order valence-electron chi connectivity index (χ2n) is 7.61. The van der Waals surface area contributed by atoms with Gasteiger partial charge in [0.25, 0.3) is 0 Å². The second kappa shape index (κ2) is 9.55. The lowest BCUT2D eigenvalue weighted by molar-refractivity contribution is 0.807. The zero-order valence-corrected chi connectivity index (χ0v) is 18.7. The molecule has 0 saturated carbocycles. The minimum Gasteiger partial charge on any atom is -0.369 e. The molecule has 0 aliphatic carbocycles. The second-order valence-corrected chi connectivity index (χ2v) is 8.01. The van der Waals surface area contributed by atoms with Crippen molar-refractivity contribution in [3.8, 4) is 6.07 Å². The number of hydrogen-bond acceptors (Lipinski definition) is 4. The molecule has 0 amide bonds. The van der Waals surface area contributed by atoms with Crippen LogP contribution in [0.5, 0.6) is 0 Å². The topological polar surface area (TPSA) is 72.8 Å². The van der Waals surface area contributed by atoms with Gasteiger partial charge in [-0.3, -0.25) is 0 Å². The summed E-state index contributed by atoms with van der Waals surface area (Å²) in [5.74, 6) is 0.630. The van der Waals surface area contributed by atoms with Crippen molar-refractivity contribution < 1.29 is 0 Å². The number of hydrogen-bond donors (Lipinski definition) is 3. The van der Waals surface area contributed by atoms with Crippen LogP contribution < -0.4 is 16.0 Å². The normalized spacial score (nSPS) is 10.5. The number of pyridine rings is 1. The Bertz CT molecular complexity index is 1130. The van der Waals surface area contributed by atoms with Crippen molar-refractivity contribution in [1.29, 1.82) is 5.26 Å². The average molecular weight is 418 g/mol. The minimum atomic E-state index is 0.564. The van der Waals surface area contributed by atoms with E-state index >= 15 is 0 Å². The van der Waals surface area contributed by atoms with E-state index < -0.39 is 0 Å².